The number of rotatable bonds is 4. The quantitative estimate of drug-likeness (QED) is 0.907. The number of halogens is 1. The molecule has 1 amide bonds. The lowest BCUT2D eigenvalue weighted by Gasteiger charge is -2.18. The van der Waals surface area contributed by atoms with Gasteiger partial charge in [0.2, 0.25) is 5.91 Å². The van der Waals surface area contributed by atoms with Crippen molar-refractivity contribution in [2.45, 2.75) is 25.9 Å². The van der Waals surface area contributed by atoms with Crippen LogP contribution in [0.25, 0.3) is 0 Å². The van der Waals surface area contributed by atoms with Gasteiger partial charge in [-0.25, -0.2) is 4.39 Å². The molecule has 2 rings (SSSR count). The van der Waals surface area contributed by atoms with Crippen LogP contribution in [0, 0.1) is 12.7 Å². The summed E-state index contributed by atoms with van der Waals surface area (Å²) in [5.41, 5.74) is 7.98. The summed E-state index contributed by atoms with van der Waals surface area (Å²) in [4.78, 5) is 12.1. The molecule has 4 heteroatoms. The van der Waals surface area contributed by atoms with E-state index < -0.39 is 6.04 Å². The summed E-state index contributed by atoms with van der Waals surface area (Å²) in [7, 11) is 0. The van der Waals surface area contributed by atoms with Crippen molar-refractivity contribution in [2.75, 3.05) is 0 Å². The van der Waals surface area contributed by atoms with Crippen LogP contribution < -0.4 is 11.1 Å². The van der Waals surface area contributed by atoms with Crippen molar-refractivity contribution in [3.05, 3.63) is 71.0 Å². The second-order valence-corrected chi connectivity index (χ2v) is 5.13. The highest BCUT2D eigenvalue weighted by Crippen LogP contribution is 2.18. The standard InChI is InChI=1S/C17H19FN2O/c1-11-8-9-14(10-15(11)18)12(2)20-17(21)16(19)13-6-4-3-5-7-13/h3-10,12,16H,19H2,1-2H3,(H,20,21)/t12?,16-/m0/s1. The lowest BCUT2D eigenvalue weighted by molar-refractivity contribution is -0.123. The van der Waals surface area contributed by atoms with Crippen molar-refractivity contribution in [1.82, 2.24) is 5.32 Å². The Morgan fingerprint density at radius 3 is 2.43 bits per heavy atom. The van der Waals surface area contributed by atoms with Gasteiger partial charge in [0.15, 0.2) is 0 Å². The first-order valence-electron chi connectivity index (χ1n) is 6.86. The van der Waals surface area contributed by atoms with Gasteiger partial charge in [0, 0.05) is 0 Å². The smallest absolute Gasteiger partial charge is 0.241 e. The van der Waals surface area contributed by atoms with Gasteiger partial charge in [-0.2, -0.15) is 0 Å². The number of nitrogens with two attached hydrogens (primary N) is 1. The topological polar surface area (TPSA) is 55.1 Å². The molecular formula is C17H19FN2O. The largest absolute Gasteiger partial charge is 0.348 e. The number of benzene rings is 2. The van der Waals surface area contributed by atoms with Crippen molar-refractivity contribution in [3.8, 4) is 0 Å². The third-order valence-corrected chi connectivity index (χ3v) is 3.50. The second-order valence-electron chi connectivity index (χ2n) is 5.13. The molecule has 0 radical (unpaired) electrons. The molecule has 0 saturated heterocycles. The highest BCUT2D eigenvalue weighted by atomic mass is 19.1. The predicted octanol–water partition coefficient (Wildman–Crippen LogP) is 3.01. The minimum absolute atomic E-state index is 0.277. The Labute approximate surface area is 124 Å². The minimum Gasteiger partial charge on any atom is -0.348 e. The Morgan fingerprint density at radius 2 is 1.81 bits per heavy atom. The van der Waals surface area contributed by atoms with Gasteiger partial charge in [0.1, 0.15) is 11.9 Å². The molecule has 2 atom stereocenters. The van der Waals surface area contributed by atoms with Crippen molar-refractivity contribution in [1.29, 1.82) is 0 Å². The predicted molar refractivity (Wildman–Crippen MR) is 81.1 cm³/mol. The zero-order valence-corrected chi connectivity index (χ0v) is 12.1. The number of carbonyl (C=O) groups excluding carboxylic acids is 1. The number of nitrogens with one attached hydrogen (secondary N) is 1. The zero-order valence-electron chi connectivity index (χ0n) is 12.1. The first kappa shape index (κ1) is 15.2. The molecule has 1 unspecified atom stereocenters. The van der Waals surface area contributed by atoms with Gasteiger partial charge in [0.25, 0.3) is 0 Å². The fourth-order valence-corrected chi connectivity index (χ4v) is 2.08. The van der Waals surface area contributed by atoms with Crippen LogP contribution in [0.5, 0.6) is 0 Å². The summed E-state index contributed by atoms with van der Waals surface area (Å²) < 4.78 is 13.6. The van der Waals surface area contributed by atoms with Gasteiger partial charge in [-0.15, -0.1) is 0 Å². The van der Waals surface area contributed by atoms with E-state index in [0.29, 0.717) is 11.1 Å². The number of carbonyl (C=O) groups is 1. The fraction of sp³-hybridized carbons (Fsp3) is 0.235. The number of aryl methyl sites for hydroxylation is 1. The lowest BCUT2D eigenvalue weighted by atomic mass is 10.0. The van der Waals surface area contributed by atoms with Crippen molar-refractivity contribution >= 4 is 5.91 Å². The van der Waals surface area contributed by atoms with Crippen LogP contribution in [0.4, 0.5) is 4.39 Å². The van der Waals surface area contributed by atoms with Crippen molar-refractivity contribution in [3.63, 3.8) is 0 Å². The van der Waals surface area contributed by atoms with E-state index in [2.05, 4.69) is 5.32 Å². The highest BCUT2D eigenvalue weighted by molar-refractivity contribution is 5.83. The molecule has 0 heterocycles. The van der Waals surface area contributed by atoms with E-state index in [1.807, 2.05) is 18.2 Å². The molecule has 2 aromatic carbocycles. The zero-order chi connectivity index (χ0) is 15.4. The van der Waals surface area contributed by atoms with E-state index in [9.17, 15) is 9.18 Å². The normalized spacial score (nSPS) is 13.5. The molecule has 3 nitrogen and oxygen atoms in total. The maximum absolute atomic E-state index is 13.6. The summed E-state index contributed by atoms with van der Waals surface area (Å²) in [6.45, 7) is 3.51. The third kappa shape index (κ3) is 3.67. The van der Waals surface area contributed by atoms with Gasteiger partial charge in [0.05, 0.1) is 6.04 Å². The molecule has 0 fully saturated rings. The first-order chi connectivity index (χ1) is 9.99. The molecule has 0 aliphatic carbocycles. The molecule has 0 saturated carbocycles. The first-order valence-corrected chi connectivity index (χ1v) is 6.86. The van der Waals surface area contributed by atoms with Gasteiger partial charge in [-0.3, -0.25) is 4.79 Å². The minimum atomic E-state index is -0.732. The summed E-state index contributed by atoms with van der Waals surface area (Å²) in [6, 6.07) is 13.1. The molecular weight excluding hydrogens is 267 g/mol. The van der Waals surface area contributed by atoms with Crippen LogP contribution in [0.3, 0.4) is 0 Å². The van der Waals surface area contributed by atoms with E-state index in [0.717, 1.165) is 5.56 Å². The summed E-state index contributed by atoms with van der Waals surface area (Å²) in [5, 5.41) is 2.81. The van der Waals surface area contributed by atoms with E-state index in [4.69, 9.17) is 5.73 Å². The van der Waals surface area contributed by atoms with Gasteiger partial charge < -0.3 is 11.1 Å². The van der Waals surface area contributed by atoms with Crippen LogP contribution in [-0.2, 0) is 4.79 Å². The number of hydrogen-bond donors (Lipinski definition) is 2. The Morgan fingerprint density at radius 1 is 1.14 bits per heavy atom. The summed E-state index contributed by atoms with van der Waals surface area (Å²) in [6.07, 6.45) is 0. The van der Waals surface area contributed by atoms with Crippen LogP contribution in [0.15, 0.2) is 48.5 Å². The number of amides is 1. The molecule has 3 N–H and O–H groups in total. The van der Waals surface area contributed by atoms with Crippen LogP contribution >= 0.6 is 0 Å². The van der Waals surface area contributed by atoms with E-state index >= 15 is 0 Å². The van der Waals surface area contributed by atoms with Gasteiger partial charge in [-0.05, 0) is 36.6 Å². The lowest BCUT2D eigenvalue weighted by Crippen LogP contribution is -2.35. The van der Waals surface area contributed by atoms with Crippen LogP contribution in [0.2, 0.25) is 0 Å². The molecule has 0 bridgehead atoms. The Bertz CT molecular complexity index is 628. The van der Waals surface area contributed by atoms with Crippen molar-refractivity contribution < 1.29 is 9.18 Å². The number of hydrogen-bond acceptors (Lipinski definition) is 2. The van der Waals surface area contributed by atoms with Crippen LogP contribution in [-0.4, -0.2) is 5.91 Å². The van der Waals surface area contributed by atoms with E-state index in [1.54, 1.807) is 38.1 Å². The maximum Gasteiger partial charge on any atom is 0.241 e. The molecule has 0 aliphatic heterocycles. The Kier molecular flexibility index (Phi) is 4.70. The van der Waals surface area contributed by atoms with E-state index in [1.165, 1.54) is 6.07 Å². The molecule has 0 aliphatic rings. The summed E-state index contributed by atoms with van der Waals surface area (Å²) in [5.74, 6) is -0.560. The van der Waals surface area contributed by atoms with Crippen LogP contribution in [0.1, 0.15) is 35.7 Å². The van der Waals surface area contributed by atoms with Gasteiger partial charge >= 0.3 is 0 Å². The van der Waals surface area contributed by atoms with E-state index in [-0.39, 0.29) is 17.8 Å². The third-order valence-electron chi connectivity index (χ3n) is 3.50. The Balaban J connectivity index is 2.06. The molecule has 2 aromatic rings. The Hall–Kier alpha value is -2.20. The fourth-order valence-electron chi connectivity index (χ4n) is 2.08. The average Bonchev–Trinajstić information content (AvgIpc) is 2.50. The maximum atomic E-state index is 13.6. The highest BCUT2D eigenvalue weighted by Gasteiger charge is 2.18. The molecule has 0 aromatic heterocycles. The van der Waals surface area contributed by atoms with Gasteiger partial charge in [-0.1, -0.05) is 42.5 Å². The second kappa shape index (κ2) is 6.50. The SMILES string of the molecule is Cc1ccc(C(C)NC(=O)[C@@H](N)c2ccccc2)cc1F. The van der Waals surface area contributed by atoms with Crippen molar-refractivity contribution in [2.24, 2.45) is 5.73 Å². The molecule has 0 spiro atoms. The molecule has 110 valence electrons. The average molecular weight is 286 g/mol. The molecule has 21 heavy (non-hydrogen) atoms. The summed E-state index contributed by atoms with van der Waals surface area (Å²) >= 11 is 0. The monoisotopic (exact) mass is 286 g/mol.